The van der Waals surface area contributed by atoms with Crippen LogP contribution in [-0.4, -0.2) is 6.29 Å². The molecular formula is C4H5BrO. The second-order valence-corrected chi connectivity index (χ2v) is 1.29. The van der Waals surface area contributed by atoms with Crippen LogP contribution in [0.5, 0.6) is 0 Å². The molecule has 2 heteroatoms. The number of aldehydes is 1. The molecule has 0 saturated heterocycles. The molecule has 0 aliphatic rings. The van der Waals surface area contributed by atoms with Crippen molar-refractivity contribution < 1.29 is 4.79 Å². The molecule has 0 aliphatic heterocycles. The van der Waals surface area contributed by atoms with Gasteiger partial charge in [0.1, 0.15) is 6.29 Å². The second-order valence-electron chi connectivity index (χ2n) is 0.764. The van der Waals surface area contributed by atoms with Crippen LogP contribution in [0.2, 0.25) is 0 Å². The lowest BCUT2D eigenvalue weighted by molar-refractivity contribution is -0.107. The molecule has 0 saturated carbocycles. The Morgan fingerprint density at radius 2 is 2.33 bits per heavy atom. The predicted molar refractivity (Wildman–Crippen MR) is 28.7 cm³/mol. The fourth-order valence-electron chi connectivity index (χ4n) is 0.107. The Morgan fingerprint density at radius 1 is 1.67 bits per heavy atom. The summed E-state index contributed by atoms with van der Waals surface area (Å²) in [7, 11) is 0. The molecule has 0 spiro atoms. The molecular weight excluding hydrogens is 144 g/mol. The van der Waals surface area contributed by atoms with Gasteiger partial charge in [0, 0.05) is 6.42 Å². The molecule has 0 aromatic rings. The van der Waals surface area contributed by atoms with E-state index in [1.165, 1.54) is 0 Å². The maximum Gasteiger partial charge on any atom is 0.123 e. The van der Waals surface area contributed by atoms with E-state index in [1.807, 2.05) is 0 Å². The lowest BCUT2D eigenvalue weighted by Crippen LogP contribution is -1.60. The zero-order valence-corrected chi connectivity index (χ0v) is 4.81. The standard InChI is InChI=1S/C4H5BrO/c5-3-1-2-4-6/h1,3-4H,2H2/b3-1+. The zero-order valence-electron chi connectivity index (χ0n) is 3.23. The summed E-state index contributed by atoms with van der Waals surface area (Å²) in [5.41, 5.74) is 0. The number of carbonyl (C=O) groups is 1. The molecule has 6 heavy (non-hydrogen) atoms. The van der Waals surface area contributed by atoms with Gasteiger partial charge >= 0.3 is 0 Å². The fraction of sp³-hybridized carbons (Fsp3) is 0.250. The average molecular weight is 149 g/mol. The van der Waals surface area contributed by atoms with Crippen molar-refractivity contribution in [3.63, 3.8) is 0 Å². The van der Waals surface area contributed by atoms with Gasteiger partial charge in [-0.3, -0.25) is 0 Å². The van der Waals surface area contributed by atoms with Gasteiger partial charge in [-0.1, -0.05) is 22.0 Å². The van der Waals surface area contributed by atoms with Gasteiger partial charge in [0.05, 0.1) is 0 Å². The highest BCUT2D eigenvalue weighted by molar-refractivity contribution is 9.11. The van der Waals surface area contributed by atoms with Crippen LogP contribution >= 0.6 is 15.9 Å². The Morgan fingerprint density at radius 3 is 2.50 bits per heavy atom. The van der Waals surface area contributed by atoms with Crippen molar-refractivity contribution in [1.82, 2.24) is 0 Å². The Hall–Kier alpha value is -0.110. The van der Waals surface area contributed by atoms with Crippen molar-refractivity contribution in [1.29, 1.82) is 0 Å². The minimum atomic E-state index is 0.505. The van der Waals surface area contributed by atoms with E-state index in [1.54, 1.807) is 11.1 Å². The summed E-state index contributed by atoms with van der Waals surface area (Å²) < 4.78 is 0. The summed E-state index contributed by atoms with van der Waals surface area (Å²) in [6.45, 7) is 0. The quantitative estimate of drug-likeness (QED) is 0.543. The number of halogens is 1. The first-order chi connectivity index (χ1) is 2.91. The maximum absolute atomic E-state index is 9.49. The van der Waals surface area contributed by atoms with Gasteiger partial charge in [0.15, 0.2) is 0 Å². The molecule has 0 amide bonds. The predicted octanol–water partition coefficient (Wildman–Crippen LogP) is 1.48. The summed E-state index contributed by atoms with van der Waals surface area (Å²) in [6, 6.07) is 0. The number of rotatable bonds is 2. The molecule has 34 valence electrons. The van der Waals surface area contributed by atoms with Crippen molar-refractivity contribution in [2.45, 2.75) is 6.42 Å². The molecule has 0 radical (unpaired) electrons. The fourth-order valence-corrected chi connectivity index (χ4v) is 0.323. The third kappa shape index (κ3) is 3.89. The Balaban J connectivity index is 2.85. The van der Waals surface area contributed by atoms with Crippen molar-refractivity contribution in [2.75, 3.05) is 0 Å². The van der Waals surface area contributed by atoms with Crippen molar-refractivity contribution >= 4 is 22.2 Å². The van der Waals surface area contributed by atoms with Gasteiger partial charge < -0.3 is 4.79 Å². The van der Waals surface area contributed by atoms with Gasteiger partial charge in [0.25, 0.3) is 0 Å². The molecule has 0 N–H and O–H groups in total. The molecule has 0 aromatic heterocycles. The highest BCUT2D eigenvalue weighted by Crippen LogP contribution is 1.82. The van der Waals surface area contributed by atoms with E-state index in [-0.39, 0.29) is 0 Å². The number of hydrogen-bond donors (Lipinski definition) is 0. The zero-order chi connectivity index (χ0) is 4.83. The lowest BCUT2D eigenvalue weighted by atomic mass is 10.5. The molecule has 0 unspecified atom stereocenters. The summed E-state index contributed by atoms with van der Waals surface area (Å²) in [5, 5.41) is 0. The number of allylic oxidation sites excluding steroid dienone is 1. The Labute approximate surface area is 45.2 Å². The summed E-state index contributed by atoms with van der Waals surface area (Å²) in [4.78, 5) is 11.2. The molecule has 0 bridgehead atoms. The van der Waals surface area contributed by atoms with Gasteiger partial charge in [-0.05, 0) is 4.99 Å². The highest BCUT2D eigenvalue weighted by Gasteiger charge is 1.63. The van der Waals surface area contributed by atoms with E-state index < -0.39 is 0 Å². The molecule has 0 aromatic carbocycles. The molecule has 0 atom stereocenters. The molecule has 0 heterocycles. The smallest absolute Gasteiger partial charge is 0.123 e. The topological polar surface area (TPSA) is 17.1 Å². The van der Waals surface area contributed by atoms with E-state index >= 15 is 0 Å². The third-order valence-electron chi connectivity index (χ3n) is 0.321. The van der Waals surface area contributed by atoms with E-state index in [0.29, 0.717) is 6.42 Å². The molecule has 0 fully saturated rings. The minimum absolute atomic E-state index is 0.505. The molecule has 0 aliphatic carbocycles. The van der Waals surface area contributed by atoms with Gasteiger partial charge in [-0.2, -0.15) is 0 Å². The Kier molecular flexibility index (Phi) is 4.80. The van der Waals surface area contributed by atoms with Crippen molar-refractivity contribution in [3.8, 4) is 0 Å². The second kappa shape index (κ2) is 4.89. The van der Waals surface area contributed by atoms with Gasteiger partial charge in [0.2, 0.25) is 0 Å². The minimum Gasteiger partial charge on any atom is -0.303 e. The monoisotopic (exact) mass is 148 g/mol. The first-order valence-corrected chi connectivity index (χ1v) is 2.52. The number of hydrogen-bond acceptors (Lipinski definition) is 1. The largest absolute Gasteiger partial charge is 0.303 e. The maximum atomic E-state index is 9.49. The van der Waals surface area contributed by atoms with Crippen LogP contribution in [0.4, 0.5) is 0 Å². The van der Waals surface area contributed by atoms with Crippen LogP contribution in [-0.2, 0) is 4.79 Å². The van der Waals surface area contributed by atoms with Gasteiger partial charge in [-0.15, -0.1) is 0 Å². The third-order valence-corrected chi connectivity index (χ3v) is 0.695. The van der Waals surface area contributed by atoms with Crippen LogP contribution < -0.4 is 0 Å². The van der Waals surface area contributed by atoms with Gasteiger partial charge in [-0.25, -0.2) is 0 Å². The van der Waals surface area contributed by atoms with Crippen LogP contribution in [0, 0.1) is 0 Å². The average Bonchev–Trinajstić information content (AvgIpc) is 1.61. The SMILES string of the molecule is O=CC/C=C/Br. The lowest BCUT2D eigenvalue weighted by Gasteiger charge is -1.64. The van der Waals surface area contributed by atoms with Crippen LogP contribution in [0.3, 0.4) is 0 Å². The summed E-state index contributed by atoms with van der Waals surface area (Å²) >= 11 is 3.01. The molecule has 0 rings (SSSR count). The summed E-state index contributed by atoms with van der Waals surface area (Å²) in [6.07, 6.45) is 3.08. The van der Waals surface area contributed by atoms with E-state index in [4.69, 9.17) is 0 Å². The number of carbonyl (C=O) groups excluding carboxylic acids is 1. The van der Waals surface area contributed by atoms with Crippen LogP contribution in [0.25, 0.3) is 0 Å². The first kappa shape index (κ1) is 5.89. The highest BCUT2D eigenvalue weighted by atomic mass is 79.9. The van der Waals surface area contributed by atoms with E-state index in [9.17, 15) is 4.79 Å². The normalized spacial score (nSPS) is 9.50. The van der Waals surface area contributed by atoms with Crippen LogP contribution in [0.15, 0.2) is 11.1 Å². The molecule has 1 nitrogen and oxygen atoms in total. The van der Waals surface area contributed by atoms with E-state index in [0.717, 1.165) is 6.29 Å². The van der Waals surface area contributed by atoms with E-state index in [2.05, 4.69) is 15.9 Å². The summed E-state index contributed by atoms with van der Waals surface area (Å²) in [5.74, 6) is 0. The van der Waals surface area contributed by atoms with Crippen molar-refractivity contribution in [3.05, 3.63) is 11.1 Å². The first-order valence-electron chi connectivity index (χ1n) is 1.60. The van der Waals surface area contributed by atoms with Crippen LogP contribution in [0.1, 0.15) is 6.42 Å². The van der Waals surface area contributed by atoms with Crippen molar-refractivity contribution in [2.24, 2.45) is 0 Å². The Bertz CT molecular complexity index is 58.6.